The number of nitrogens with one attached hydrogen (secondary N) is 1. The van der Waals surface area contributed by atoms with E-state index in [4.69, 9.17) is 5.11 Å². The molecule has 120 valence electrons. The molecular weight excluding hydrogens is 306 g/mol. The molecule has 2 atom stereocenters. The van der Waals surface area contributed by atoms with Crippen molar-refractivity contribution in [1.82, 2.24) is 5.32 Å². The van der Waals surface area contributed by atoms with Crippen LogP contribution in [0.4, 0.5) is 0 Å². The van der Waals surface area contributed by atoms with Gasteiger partial charge in [-0.1, -0.05) is 48.5 Å². The predicted octanol–water partition coefficient (Wildman–Crippen LogP) is 4.09. The van der Waals surface area contributed by atoms with Gasteiger partial charge in [0.1, 0.15) is 0 Å². The largest absolute Gasteiger partial charge is 0.481 e. The third-order valence-electron chi connectivity index (χ3n) is 4.29. The minimum atomic E-state index is -0.740. The predicted molar refractivity (Wildman–Crippen MR) is 93.9 cm³/mol. The van der Waals surface area contributed by atoms with Crippen molar-refractivity contribution in [3.8, 4) is 0 Å². The Bertz CT molecular complexity index is 689. The molecule has 1 heterocycles. The van der Waals surface area contributed by atoms with Crippen molar-refractivity contribution < 1.29 is 9.90 Å². The molecule has 0 bridgehead atoms. The Morgan fingerprint density at radius 3 is 2.65 bits per heavy atom. The van der Waals surface area contributed by atoms with Crippen LogP contribution in [-0.4, -0.2) is 22.4 Å². The zero-order chi connectivity index (χ0) is 16.3. The van der Waals surface area contributed by atoms with Crippen molar-refractivity contribution in [1.29, 1.82) is 0 Å². The molecule has 0 saturated carbocycles. The van der Waals surface area contributed by atoms with E-state index >= 15 is 0 Å². The van der Waals surface area contributed by atoms with Crippen LogP contribution < -0.4 is 5.32 Å². The summed E-state index contributed by atoms with van der Waals surface area (Å²) in [5.74, 6) is 0.122. The smallest absolute Gasteiger partial charge is 0.303 e. The van der Waals surface area contributed by atoms with Crippen LogP contribution in [0.15, 0.2) is 59.5 Å². The van der Waals surface area contributed by atoms with E-state index in [0.29, 0.717) is 6.42 Å². The molecule has 0 amide bonds. The lowest BCUT2D eigenvalue weighted by Gasteiger charge is -2.33. The number of thioether (sulfide) groups is 1. The van der Waals surface area contributed by atoms with Crippen LogP contribution in [0.2, 0.25) is 0 Å². The highest BCUT2D eigenvalue weighted by Crippen LogP contribution is 2.39. The first-order valence-corrected chi connectivity index (χ1v) is 8.82. The number of aliphatic carboxylic acids is 1. The Balaban J connectivity index is 1.97. The Morgan fingerprint density at radius 1 is 1.22 bits per heavy atom. The highest BCUT2D eigenvalue weighted by Gasteiger charge is 2.33. The van der Waals surface area contributed by atoms with E-state index in [9.17, 15) is 4.79 Å². The van der Waals surface area contributed by atoms with E-state index < -0.39 is 5.97 Å². The summed E-state index contributed by atoms with van der Waals surface area (Å²) in [5, 5.41) is 12.8. The molecule has 3 rings (SSSR count). The van der Waals surface area contributed by atoms with Crippen molar-refractivity contribution in [2.24, 2.45) is 0 Å². The number of benzene rings is 2. The number of carbonyl (C=O) groups is 1. The van der Waals surface area contributed by atoms with Gasteiger partial charge in [-0.15, -0.1) is 11.8 Å². The summed E-state index contributed by atoms with van der Waals surface area (Å²) in [6.07, 6.45) is 0.800. The van der Waals surface area contributed by atoms with Gasteiger partial charge in [0.05, 0.1) is 6.04 Å². The normalized spacial score (nSPS) is 23.8. The van der Waals surface area contributed by atoms with Gasteiger partial charge in [-0.3, -0.25) is 4.79 Å². The van der Waals surface area contributed by atoms with Gasteiger partial charge in [-0.05, 0) is 30.5 Å². The first-order chi connectivity index (χ1) is 11.1. The number of carboxylic acids is 1. The van der Waals surface area contributed by atoms with Gasteiger partial charge >= 0.3 is 5.97 Å². The Morgan fingerprint density at radius 2 is 1.91 bits per heavy atom. The van der Waals surface area contributed by atoms with Crippen LogP contribution in [0.5, 0.6) is 0 Å². The summed E-state index contributed by atoms with van der Waals surface area (Å²) in [6, 6.07) is 18.9. The molecule has 0 radical (unpaired) electrons. The lowest BCUT2D eigenvalue weighted by molar-refractivity contribution is -0.137. The molecule has 0 spiro atoms. The summed E-state index contributed by atoms with van der Waals surface area (Å²) >= 11 is 1.81. The van der Waals surface area contributed by atoms with E-state index in [-0.39, 0.29) is 18.0 Å². The summed E-state index contributed by atoms with van der Waals surface area (Å²) < 4.78 is 0. The van der Waals surface area contributed by atoms with E-state index in [2.05, 4.69) is 48.6 Å². The fourth-order valence-electron chi connectivity index (χ4n) is 2.99. The van der Waals surface area contributed by atoms with Crippen molar-refractivity contribution in [2.45, 2.75) is 36.2 Å². The molecular formula is C19H21NO2S. The molecule has 0 fully saturated rings. The highest BCUT2D eigenvalue weighted by molar-refractivity contribution is 7.99. The molecule has 2 N–H and O–H groups in total. The zero-order valence-electron chi connectivity index (χ0n) is 13.2. The van der Waals surface area contributed by atoms with Gasteiger partial charge in [0.25, 0.3) is 0 Å². The first kappa shape index (κ1) is 16.1. The quantitative estimate of drug-likeness (QED) is 0.888. The SMILES string of the molecule is C[C@]1(CCC(=O)O)CSc2ccccc2[C@@H](c2ccccc2)N1. The number of hydrogen-bond acceptors (Lipinski definition) is 3. The topological polar surface area (TPSA) is 49.3 Å². The number of hydrogen-bond donors (Lipinski definition) is 2. The minimum absolute atomic E-state index is 0.0844. The standard InChI is InChI=1S/C19H21NO2S/c1-19(12-11-17(21)22)13-23-16-10-6-5-9-15(16)18(20-19)14-7-3-2-4-8-14/h2-10,18,20H,11-13H2,1H3,(H,21,22)/t18-,19+/m1/s1. The van der Waals surface area contributed by atoms with E-state index in [0.717, 1.165) is 5.75 Å². The number of carboxylic acid groups (broad SMARTS) is 1. The molecule has 1 aliphatic heterocycles. The molecule has 0 aromatic heterocycles. The Kier molecular flexibility index (Phi) is 4.74. The van der Waals surface area contributed by atoms with Crippen LogP contribution in [0.25, 0.3) is 0 Å². The second-order valence-corrected chi connectivity index (χ2v) is 7.29. The Labute approximate surface area is 141 Å². The van der Waals surface area contributed by atoms with Crippen molar-refractivity contribution in [3.63, 3.8) is 0 Å². The molecule has 0 unspecified atom stereocenters. The van der Waals surface area contributed by atoms with Gasteiger partial charge in [0.15, 0.2) is 0 Å². The van der Waals surface area contributed by atoms with Crippen LogP contribution >= 0.6 is 11.8 Å². The van der Waals surface area contributed by atoms with E-state index in [1.54, 1.807) is 0 Å². The maximum absolute atomic E-state index is 11.0. The third-order valence-corrected chi connectivity index (χ3v) is 5.76. The van der Waals surface area contributed by atoms with Crippen LogP contribution in [0.3, 0.4) is 0 Å². The van der Waals surface area contributed by atoms with E-state index in [1.165, 1.54) is 16.0 Å². The first-order valence-electron chi connectivity index (χ1n) is 7.84. The lowest BCUT2D eigenvalue weighted by atomic mass is 9.92. The van der Waals surface area contributed by atoms with Crippen molar-refractivity contribution in [2.75, 3.05) is 5.75 Å². The van der Waals surface area contributed by atoms with Gasteiger partial charge in [0.2, 0.25) is 0 Å². The van der Waals surface area contributed by atoms with Gasteiger partial charge < -0.3 is 10.4 Å². The van der Waals surface area contributed by atoms with Crippen molar-refractivity contribution in [3.05, 3.63) is 65.7 Å². The molecule has 0 aliphatic carbocycles. The summed E-state index contributed by atoms with van der Waals surface area (Å²) in [4.78, 5) is 12.3. The molecule has 4 heteroatoms. The fraction of sp³-hybridized carbons (Fsp3) is 0.316. The second-order valence-electron chi connectivity index (χ2n) is 6.27. The maximum atomic E-state index is 11.0. The molecule has 2 aromatic rings. The zero-order valence-corrected chi connectivity index (χ0v) is 14.0. The van der Waals surface area contributed by atoms with Gasteiger partial charge in [-0.25, -0.2) is 0 Å². The monoisotopic (exact) mass is 327 g/mol. The average Bonchev–Trinajstić information content (AvgIpc) is 2.72. The lowest BCUT2D eigenvalue weighted by Crippen LogP contribution is -2.46. The molecule has 23 heavy (non-hydrogen) atoms. The third kappa shape index (κ3) is 3.77. The second kappa shape index (κ2) is 6.77. The number of rotatable bonds is 4. The molecule has 2 aromatic carbocycles. The van der Waals surface area contributed by atoms with Gasteiger partial charge in [0, 0.05) is 22.6 Å². The molecule has 3 nitrogen and oxygen atoms in total. The number of fused-ring (bicyclic) bond motifs is 1. The van der Waals surface area contributed by atoms with Crippen LogP contribution in [-0.2, 0) is 4.79 Å². The minimum Gasteiger partial charge on any atom is -0.481 e. The average molecular weight is 327 g/mol. The fourth-order valence-corrected chi connectivity index (χ4v) is 4.22. The highest BCUT2D eigenvalue weighted by atomic mass is 32.2. The maximum Gasteiger partial charge on any atom is 0.303 e. The van der Waals surface area contributed by atoms with Crippen LogP contribution in [0, 0.1) is 0 Å². The summed E-state index contributed by atoms with van der Waals surface area (Å²) in [7, 11) is 0. The van der Waals surface area contributed by atoms with Crippen LogP contribution in [0.1, 0.15) is 36.9 Å². The van der Waals surface area contributed by atoms with Crippen molar-refractivity contribution >= 4 is 17.7 Å². The Hall–Kier alpha value is -1.78. The molecule has 1 aliphatic rings. The van der Waals surface area contributed by atoms with E-state index in [1.807, 2.05) is 30.0 Å². The molecule has 0 saturated heterocycles. The summed E-state index contributed by atoms with van der Waals surface area (Å²) in [6.45, 7) is 2.13. The summed E-state index contributed by atoms with van der Waals surface area (Å²) in [5.41, 5.74) is 2.26. The van der Waals surface area contributed by atoms with Gasteiger partial charge in [-0.2, -0.15) is 0 Å².